The summed E-state index contributed by atoms with van der Waals surface area (Å²) in [5.41, 5.74) is 0.833. The first kappa shape index (κ1) is 14.8. The van der Waals surface area contributed by atoms with E-state index in [2.05, 4.69) is 14.8 Å². The van der Waals surface area contributed by atoms with E-state index in [0.717, 1.165) is 30.5 Å². The van der Waals surface area contributed by atoms with E-state index >= 15 is 0 Å². The molecule has 1 aromatic rings. The van der Waals surface area contributed by atoms with Gasteiger partial charge in [0.2, 0.25) is 0 Å². The van der Waals surface area contributed by atoms with Gasteiger partial charge in [0.15, 0.2) is 5.13 Å². The van der Waals surface area contributed by atoms with Crippen LogP contribution in [0.15, 0.2) is 5.38 Å². The highest BCUT2D eigenvalue weighted by atomic mass is 32.1. The lowest BCUT2D eigenvalue weighted by Crippen LogP contribution is -2.54. The third-order valence-electron chi connectivity index (χ3n) is 4.28. The normalized spacial score (nSPS) is 22.9. The van der Waals surface area contributed by atoms with Crippen LogP contribution in [-0.4, -0.2) is 54.7 Å². The monoisotopic (exact) mass is 309 g/mol. The fraction of sp³-hybridized carbons (Fsp3) is 0.733. The molecule has 0 amide bonds. The van der Waals surface area contributed by atoms with Crippen molar-refractivity contribution in [2.75, 3.05) is 37.7 Å². The van der Waals surface area contributed by atoms with E-state index < -0.39 is 0 Å². The molecule has 0 saturated carbocycles. The summed E-state index contributed by atoms with van der Waals surface area (Å²) in [5.74, 6) is -0.188. The van der Waals surface area contributed by atoms with E-state index in [1.807, 2.05) is 12.3 Å². The molecule has 0 spiro atoms. The van der Waals surface area contributed by atoms with Crippen LogP contribution in [0, 0.1) is 0 Å². The number of piperazine rings is 1. The molecule has 6 heteroatoms. The highest BCUT2D eigenvalue weighted by molar-refractivity contribution is 7.13. The van der Waals surface area contributed by atoms with Crippen molar-refractivity contribution in [3.8, 4) is 0 Å². The Labute approximate surface area is 129 Å². The number of carbonyl (C=O) groups is 1. The maximum atomic E-state index is 11.5. The fourth-order valence-corrected chi connectivity index (χ4v) is 4.07. The van der Waals surface area contributed by atoms with Gasteiger partial charge in [-0.2, -0.15) is 0 Å². The Morgan fingerprint density at radius 1 is 1.43 bits per heavy atom. The van der Waals surface area contributed by atoms with E-state index in [1.54, 1.807) is 11.3 Å². The van der Waals surface area contributed by atoms with E-state index in [0.29, 0.717) is 12.6 Å². The van der Waals surface area contributed by atoms with Gasteiger partial charge in [-0.05, 0) is 26.3 Å². The molecule has 2 aliphatic rings. The summed E-state index contributed by atoms with van der Waals surface area (Å²) < 4.78 is 4.98. The number of aromatic nitrogens is 1. The average Bonchev–Trinajstić information content (AvgIpc) is 2.95. The largest absolute Gasteiger partial charge is 0.466 e. The van der Waals surface area contributed by atoms with Crippen LogP contribution in [0.2, 0.25) is 0 Å². The van der Waals surface area contributed by atoms with E-state index in [1.165, 1.54) is 25.8 Å². The van der Waals surface area contributed by atoms with Gasteiger partial charge in [-0.3, -0.25) is 9.69 Å². The summed E-state index contributed by atoms with van der Waals surface area (Å²) in [4.78, 5) is 21.1. The predicted octanol–water partition coefficient (Wildman–Crippen LogP) is 1.92. The smallest absolute Gasteiger partial charge is 0.311 e. The molecule has 1 unspecified atom stereocenters. The third-order valence-corrected chi connectivity index (χ3v) is 5.23. The molecule has 2 saturated heterocycles. The Morgan fingerprint density at radius 3 is 3.19 bits per heavy atom. The van der Waals surface area contributed by atoms with Crippen LogP contribution in [0.25, 0.3) is 0 Å². The first-order valence-corrected chi connectivity index (χ1v) is 8.73. The van der Waals surface area contributed by atoms with Crippen LogP contribution in [0.5, 0.6) is 0 Å². The van der Waals surface area contributed by atoms with Gasteiger partial charge < -0.3 is 9.64 Å². The molecule has 2 fully saturated rings. The van der Waals surface area contributed by atoms with Gasteiger partial charge in [0.1, 0.15) is 0 Å². The van der Waals surface area contributed by atoms with Gasteiger partial charge in [0, 0.05) is 31.1 Å². The van der Waals surface area contributed by atoms with Crippen LogP contribution < -0.4 is 4.90 Å². The predicted molar refractivity (Wildman–Crippen MR) is 83.9 cm³/mol. The van der Waals surface area contributed by atoms with Gasteiger partial charge in [-0.15, -0.1) is 11.3 Å². The van der Waals surface area contributed by atoms with Crippen molar-refractivity contribution < 1.29 is 9.53 Å². The van der Waals surface area contributed by atoms with Crippen molar-refractivity contribution in [3.05, 3.63) is 11.1 Å². The number of thiazole rings is 1. The maximum Gasteiger partial charge on any atom is 0.311 e. The number of anilines is 1. The highest BCUT2D eigenvalue weighted by Gasteiger charge is 2.29. The summed E-state index contributed by atoms with van der Waals surface area (Å²) in [6, 6.07) is 0.685. The molecule has 0 bridgehead atoms. The SMILES string of the molecule is CCOC(=O)Cc1csc(N2CCN3CCCCC3C2)n1. The molecule has 116 valence electrons. The Morgan fingerprint density at radius 2 is 2.33 bits per heavy atom. The molecule has 3 heterocycles. The van der Waals surface area contributed by atoms with Gasteiger partial charge in [0.25, 0.3) is 0 Å². The second-order valence-electron chi connectivity index (χ2n) is 5.73. The third kappa shape index (κ3) is 3.55. The number of hydrogen-bond acceptors (Lipinski definition) is 6. The summed E-state index contributed by atoms with van der Waals surface area (Å²) in [5, 5.41) is 3.04. The number of esters is 1. The van der Waals surface area contributed by atoms with E-state index in [4.69, 9.17) is 4.74 Å². The number of hydrogen-bond donors (Lipinski definition) is 0. The summed E-state index contributed by atoms with van der Waals surface area (Å²) in [6.07, 6.45) is 4.28. The van der Waals surface area contributed by atoms with Crippen LogP contribution in [0.1, 0.15) is 31.9 Å². The highest BCUT2D eigenvalue weighted by Crippen LogP contribution is 2.27. The number of ether oxygens (including phenoxy) is 1. The van der Waals surface area contributed by atoms with Crippen molar-refractivity contribution >= 4 is 22.4 Å². The van der Waals surface area contributed by atoms with Crippen molar-refractivity contribution in [3.63, 3.8) is 0 Å². The Hall–Kier alpha value is -1.14. The number of rotatable bonds is 4. The molecule has 2 aliphatic heterocycles. The van der Waals surface area contributed by atoms with Crippen LogP contribution in [0.3, 0.4) is 0 Å². The topological polar surface area (TPSA) is 45.7 Å². The first-order chi connectivity index (χ1) is 10.3. The zero-order valence-corrected chi connectivity index (χ0v) is 13.4. The second-order valence-corrected chi connectivity index (χ2v) is 6.57. The van der Waals surface area contributed by atoms with Crippen molar-refractivity contribution in [1.82, 2.24) is 9.88 Å². The van der Waals surface area contributed by atoms with Crippen molar-refractivity contribution in [2.24, 2.45) is 0 Å². The zero-order chi connectivity index (χ0) is 14.7. The standard InChI is InChI=1S/C15H23N3O2S/c1-2-20-14(19)9-12-11-21-15(16-12)18-8-7-17-6-4-3-5-13(17)10-18/h11,13H,2-10H2,1H3. The van der Waals surface area contributed by atoms with E-state index in [9.17, 15) is 4.79 Å². The Kier molecular flexibility index (Phi) is 4.75. The fourth-order valence-electron chi connectivity index (χ4n) is 3.21. The number of carbonyl (C=O) groups excluding carboxylic acids is 1. The number of nitrogens with zero attached hydrogens (tertiary/aromatic N) is 3. The second kappa shape index (κ2) is 6.75. The molecule has 0 radical (unpaired) electrons. The molecule has 21 heavy (non-hydrogen) atoms. The molecule has 0 N–H and O–H groups in total. The molecule has 5 nitrogen and oxygen atoms in total. The number of piperidine rings is 1. The molecular formula is C15H23N3O2S. The summed E-state index contributed by atoms with van der Waals surface area (Å²) >= 11 is 1.64. The van der Waals surface area contributed by atoms with Crippen LogP contribution in [-0.2, 0) is 16.0 Å². The van der Waals surface area contributed by atoms with Crippen molar-refractivity contribution in [1.29, 1.82) is 0 Å². The lowest BCUT2D eigenvalue weighted by Gasteiger charge is -2.44. The Balaban J connectivity index is 1.59. The zero-order valence-electron chi connectivity index (χ0n) is 12.6. The maximum absolute atomic E-state index is 11.5. The Bertz CT molecular complexity index is 491. The van der Waals surface area contributed by atoms with Crippen LogP contribution in [0.4, 0.5) is 5.13 Å². The molecule has 1 atom stereocenters. The van der Waals surface area contributed by atoms with Gasteiger partial charge in [0.05, 0.1) is 18.7 Å². The summed E-state index contributed by atoms with van der Waals surface area (Å²) in [7, 11) is 0. The van der Waals surface area contributed by atoms with Crippen molar-refractivity contribution in [2.45, 2.75) is 38.6 Å². The molecule has 0 aliphatic carbocycles. The molecule has 3 rings (SSSR count). The van der Waals surface area contributed by atoms with E-state index in [-0.39, 0.29) is 12.4 Å². The summed E-state index contributed by atoms with van der Waals surface area (Å²) in [6.45, 7) is 6.77. The minimum atomic E-state index is -0.188. The molecular weight excluding hydrogens is 286 g/mol. The lowest BCUT2D eigenvalue weighted by molar-refractivity contribution is -0.142. The lowest BCUT2D eigenvalue weighted by atomic mass is 10.00. The van der Waals surface area contributed by atoms with Gasteiger partial charge in [-0.25, -0.2) is 4.98 Å². The minimum Gasteiger partial charge on any atom is -0.466 e. The number of fused-ring (bicyclic) bond motifs is 1. The average molecular weight is 309 g/mol. The molecule has 1 aromatic heterocycles. The quantitative estimate of drug-likeness (QED) is 0.795. The first-order valence-electron chi connectivity index (χ1n) is 7.85. The van der Waals surface area contributed by atoms with Crippen LogP contribution >= 0.6 is 11.3 Å². The molecule has 0 aromatic carbocycles. The minimum absolute atomic E-state index is 0.188. The van der Waals surface area contributed by atoms with Gasteiger partial charge in [-0.1, -0.05) is 6.42 Å². The van der Waals surface area contributed by atoms with Gasteiger partial charge >= 0.3 is 5.97 Å².